The molecule has 4 N–H and O–H groups in total. The first-order chi connectivity index (χ1) is 14.7. The number of anilines is 2. The van der Waals surface area contributed by atoms with Gasteiger partial charge in [0.1, 0.15) is 0 Å². The minimum Gasteiger partial charge on any atom is -0.338 e. The zero-order chi connectivity index (χ0) is 21.9. The number of amides is 4. The number of urea groups is 2. The molecule has 0 saturated heterocycles. The van der Waals surface area contributed by atoms with Gasteiger partial charge in [0, 0.05) is 24.5 Å². The number of nitrogens with one attached hydrogen (secondary N) is 4. The molecule has 0 fully saturated rings. The van der Waals surface area contributed by atoms with E-state index < -0.39 is 0 Å². The molecule has 0 saturated carbocycles. The number of unbranched alkanes of at least 4 members (excludes halogenated alkanes) is 10. The Bertz CT molecular complexity index is 545. The average molecular weight is 419 g/mol. The van der Waals surface area contributed by atoms with Crippen LogP contribution in [0, 0.1) is 0 Å². The first-order valence-electron chi connectivity index (χ1n) is 11.9. The highest BCUT2D eigenvalue weighted by molar-refractivity contribution is 5.92. The van der Waals surface area contributed by atoms with Gasteiger partial charge in [0.2, 0.25) is 0 Å². The summed E-state index contributed by atoms with van der Waals surface area (Å²) in [7, 11) is 0. The summed E-state index contributed by atoms with van der Waals surface area (Å²) in [5.74, 6) is 0. The van der Waals surface area contributed by atoms with Crippen molar-refractivity contribution in [1.29, 1.82) is 0 Å². The fourth-order valence-corrected chi connectivity index (χ4v) is 3.24. The molecule has 0 atom stereocenters. The molecule has 4 amide bonds. The zero-order valence-electron chi connectivity index (χ0n) is 19.0. The van der Waals surface area contributed by atoms with Gasteiger partial charge < -0.3 is 21.3 Å². The van der Waals surface area contributed by atoms with Crippen LogP contribution in [0.5, 0.6) is 0 Å². The molecule has 0 bridgehead atoms. The van der Waals surface area contributed by atoms with E-state index in [1.165, 1.54) is 51.4 Å². The Kier molecular flexibility index (Phi) is 15.1. The van der Waals surface area contributed by atoms with Gasteiger partial charge in [-0.05, 0) is 31.0 Å². The monoisotopic (exact) mass is 418 g/mol. The molecule has 1 aromatic rings. The maximum atomic E-state index is 12.0. The summed E-state index contributed by atoms with van der Waals surface area (Å²) in [5, 5.41) is 11.4. The van der Waals surface area contributed by atoms with Crippen LogP contribution in [0.2, 0.25) is 0 Å². The molecule has 0 aliphatic rings. The summed E-state index contributed by atoms with van der Waals surface area (Å²) in [4.78, 5) is 24.1. The van der Waals surface area contributed by atoms with Crippen molar-refractivity contribution in [1.82, 2.24) is 10.6 Å². The first-order valence-corrected chi connectivity index (χ1v) is 11.9. The lowest BCUT2D eigenvalue weighted by Gasteiger charge is -2.11. The molecule has 0 spiro atoms. The molecule has 1 rings (SSSR count). The molecule has 0 heterocycles. The van der Waals surface area contributed by atoms with Crippen molar-refractivity contribution in [2.24, 2.45) is 0 Å². The third kappa shape index (κ3) is 13.9. The minimum atomic E-state index is -0.215. The topological polar surface area (TPSA) is 82.3 Å². The lowest BCUT2D eigenvalue weighted by atomic mass is 10.1. The van der Waals surface area contributed by atoms with Crippen LogP contribution in [0.25, 0.3) is 0 Å². The summed E-state index contributed by atoms with van der Waals surface area (Å²) >= 11 is 0. The summed E-state index contributed by atoms with van der Waals surface area (Å²) in [6.07, 6.45) is 14.4. The fraction of sp³-hybridized carbons (Fsp3) is 0.667. The first kappa shape index (κ1) is 25.8. The van der Waals surface area contributed by atoms with Crippen LogP contribution >= 0.6 is 0 Å². The molecule has 30 heavy (non-hydrogen) atoms. The third-order valence-corrected chi connectivity index (χ3v) is 5.01. The van der Waals surface area contributed by atoms with Gasteiger partial charge in [0.15, 0.2) is 0 Å². The Morgan fingerprint density at radius 2 is 1.03 bits per heavy atom. The van der Waals surface area contributed by atoms with Gasteiger partial charge in [-0.1, -0.05) is 84.1 Å². The van der Waals surface area contributed by atoms with Crippen molar-refractivity contribution in [3.8, 4) is 0 Å². The molecule has 0 radical (unpaired) electrons. The van der Waals surface area contributed by atoms with E-state index in [2.05, 4.69) is 35.1 Å². The molecular formula is C24H42N4O2. The Morgan fingerprint density at radius 3 is 1.47 bits per heavy atom. The number of hydrogen-bond acceptors (Lipinski definition) is 2. The van der Waals surface area contributed by atoms with Crippen LogP contribution < -0.4 is 21.3 Å². The molecule has 1 aromatic carbocycles. The van der Waals surface area contributed by atoms with Gasteiger partial charge >= 0.3 is 12.1 Å². The summed E-state index contributed by atoms with van der Waals surface area (Å²) in [6, 6.07) is 6.76. The van der Waals surface area contributed by atoms with Crippen LogP contribution in [0.4, 0.5) is 21.0 Å². The highest BCUT2D eigenvalue weighted by Crippen LogP contribution is 2.15. The van der Waals surface area contributed by atoms with E-state index in [-0.39, 0.29) is 12.1 Å². The summed E-state index contributed by atoms with van der Waals surface area (Å²) in [6.45, 7) is 5.77. The van der Waals surface area contributed by atoms with Gasteiger partial charge in [0.25, 0.3) is 0 Å². The van der Waals surface area contributed by atoms with Crippen molar-refractivity contribution in [2.45, 2.75) is 90.9 Å². The standard InChI is InChI=1S/C24H42N4O2/c1-3-5-7-9-11-13-18-25-23(29)27-21-16-15-17-22(20-21)28-24(30)26-19-14-12-10-8-6-4-2/h15-17,20H,3-14,18-19H2,1-2H3,(H2,25,27,29)(H2,26,28,30). The van der Waals surface area contributed by atoms with Crippen molar-refractivity contribution in [3.63, 3.8) is 0 Å². The normalized spacial score (nSPS) is 10.5. The van der Waals surface area contributed by atoms with Crippen LogP contribution in [0.3, 0.4) is 0 Å². The van der Waals surface area contributed by atoms with Gasteiger partial charge in [0.05, 0.1) is 0 Å². The lowest BCUT2D eigenvalue weighted by Crippen LogP contribution is -2.30. The van der Waals surface area contributed by atoms with Crippen molar-refractivity contribution < 1.29 is 9.59 Å². The van der Waals surface area contributed by atoms with Gasteiger partial charge in [-0.3, -0.25) is 0 Å². The van der Waals surface area contributed by atoms with E-state index >= 15 is 0 Å². The van der Waals surface area contributed by atoms with E-state index in [1.54, 1.807) is 6.07 Å². The number of benzene rings is 1. The second-order valence-electron chi connectivity index (χ2n) is 7.88. The summed E-state index contributed by atoms with van der Waals surface area (Å²) in [5.41, 5.74) is 1.31. The second-order valence-corrected chi connectivity index (χ2v) is 7.88. The molecule has 6 nitrogen and oxygen atoms in total. The number of carbonyl (C=O) groups excluding carboxylic acids is 2. The van der Waals surface area contributed by atoms with E-state index in [1.807, 2.05) is 18.2 Å². The van der Waals surface area contributed by atoms with Gasteiger partial charge in [-0.2, -0.15) is 0 Å². The quantitative estimate of drug-likeness (QED) is 0.227. The fourth-order valence-electron chi connectivity index (χ4n) is 3.24. The number of hydrogen-bond donors (Lipinski definition) is 4. The molecule has 0 aromatic heterocycles. The zero-order valence-corrected chi connectivity index (χ0v) is 19.0. The lowest BCUT2D eigenvalue weighted by molar-refractivity contribution is 0.251. The number of rotatable bonds is 16. The Morgan fingerprint density at radius 1 is 0.633 bits per heavy atom. The molecule has 0 unspecified atom stereocenters. The van der Waals surface area contributed by atoms with Gasteiger partial charge in [-0.25, -0.2) is 9.59 Å². The predicted molar refractivity (Wildman–Crippen MR) is 127 cm³/mol. The highest BCUT2D eigenvalue weighted by Gasteiger charge is 2.04. The van der Waals surface area contributed by atoms with Crippen LogP contribution in [-0.2, 0) is 0 Å². The average Bonchev–Trinajstić information content (AvgIpc) is 2.72. The molecule has 6 heteroatoms. The van der Waals surface area contributed by atoms with E-state index in [0.29, 0.717) is 24.5 Å². The smallest absolute Gasteiger partial charge is 0.319 e. The molecule has 0 aliphatic heterocycles. The predicted octanol–water partition coefficient (Wildman–Crippen LogP) is 6.65. The van der Waals surface area contributed by atoms with E-state index in [0.717, 1.165) is 25.7 Å². The van der Waals surface area contributed by atoms with Gasteiger partial charge in [-0.15, -0.1) is 0 Å². The van der Waals surface area contributed by atoms with Crippen molar-refractivity contribution >= 4 is 23.4 Å². The molecule has 170 valence electrons. The maximum absolute atomic E-state index is 12.0. The maximum Gasteiger partial charge on any atom is 0.319 e. The minimum absolute atomic E-state index is 0.215. The third-order valence-electron chi connectivity index (χ3n) is 5.01. The largest absolute Gasteiger partial charge is 0.338 e. The van der Waals surface area contributed by atoms with Crippen LogP contribution in [0.15, 0.2) is 24.3 Å². The van der Waals surface area contributed by atoms with Crippen molar-refractivity contribution in [3.05, 3.63) is 24.3 Å². The number of carbonyl (C=O) groups is 2. The van der Waals surface area contributed by atoms with Crippen LogP contribution in [-0.4, -0.2) is 25.2 Å². The van der Waals surface area contributed by atoms with E-state index in [9.17, 15) is 9.59 Å². The molecular weight excluding hydrogens is 376 g/mol. The Balaban J connectivity index is 2.20. The highest BCUT2D eigenvalue weighted by atomic mass is 16.2. The Hall–Kier alpha value is -2.24. The SMILES string of the molecule is CCCCCCCCNC(=O)Nc1cccc(NC(=O)NCCCCCCCC)c1. The van der Waals surface area contributed by atoms with E-state index in [4.69, 9.17) is 0 Å². The Labute approximate surface area is 183 Å². The van der Waals surface area contributed by atoms with Crippen molar-refractivity contribution in [2.75, 3.05) is 23.7 Å². The second kappa shape index (κ2) is 17.6. The van der Waals surface area contributed by atoms with Crippen LogP contribution in [0.1, 0.15) is 90.9 Å². The molecule has 0 aliphatic carbocycles. The summed E-state index contributed by atoms with van der Waals surface area (Å²) < 4.78 is 0.